The van der Waals surface area contributed by atoms with E-state index < -0.39 is 0 Å². The van der Waals surface area contributed by atoms with Gasteiger partial charge in [-0.2, -0.15) is 0 Å². The maximum atomic E-state index is 5.78. The summed E-state index contributed by atoms with van der Waals surface area (Å²) in [5.41, 5.74) is 7.75. The molecule has 62 valence electrons. The van der Waals surface area contributed by atoms with Gasteiger partial charge in [0.05, 0.1) is 0 Å². The van der Waals surface area contributed by atoms with Gasteiger partial charge in [0.1, 0.15) is 0 Å². The maximum Gasteiger partial charge on any atom is 0.0485 e. The van der Waals surface area contributed by atoms with Crippen LogP contribution in [0.15, 0.2) is 37.7 Å². The van der Waals surface area contributed by atoms with Crippen molar-refractivity contribution in [3.8, 4) is 0 Å². The molecule has 2 nitrogen and oxygen atoms in total. The van der Waals surface area contributed by atoms with E-state index in [0.717, 1.165) is 11.1 Å². The minimum absolute atomic E-state index is 0.138. The van der Waals surface area contributed by atoms with E-state index in [4.69, 9.17) is 5.73 Å². The molecule has 0 fully saturated rings. The van der Waals surface area contributed by atoms with Gasteiger partial charge in [-0.25, -0.2) is 0 Å². The fourth-order valence-corrected chi connectivity index (χ4v) is 1.02. The van der Waals surface area contributed by atoms with Gasteiger partial charge in [-0.3, -0.25) is 4.98 Å². The van der Waals surface area contributed by atoms with E-state index in [2.05, 4.69) is 18.1 Å². The van der Waals surface area contributed by atoms with Crippen LogP contribution in [0.5, 0.6) is 0 Å². The van der Waals surface area contributed by atoms with Crippen LogP contribution in [0.3, 0.4) is 0 Å². The normalized spacial score (nSPS) is 12.1. The van der Waals surface area contributed by atoms with Gasteiger partial charge in [-0.05, 0) is 17.2 Å². The van der Waals surface area contributed by atoms with Crippen LogP contribution in [0, 0.1) is 0 Å². The summed E-state index contributed by atoms with van der Waals surface area (Å²) in [6.45, 7) is 7.31. The summed E-state index contributed by atoms with van der Waals surface area (Å²) < 4.78 is 0. The lowest BCUT2D eigenvalue weighted by atomic mass is 10.0. The first-order valence-corrected chi connectivity index (χ1v) is 3.74. The summed E-state index contributed by atoms with van der Waals surface area (Å²) in [5, 5.41) is 0. The molecule has 0 aliphatic heterocycles. The summed E-state index contributed by atoms with van der Waals surface area (Å²) in [5.74, 6) is 0. The Morgan fingerprint density at radius 2 is 2.25 bits per heavy atom. The number of pyridine rings is 1. The predicted molar refractivity (Wildman–Crippen MR) is 51.5 cm³/mol. The fraction of sp³-hybridized carbons (Fsp3) is 0.100. The first-order chi connectivity index (χ1) is 5.79. The van der Waals surface area contributed by atoms with Gasteiger partial charge in [0.25, 0.3) is 0 Å². The first-order valence-electron chi connectivity index (χ1n) is 3.74. The summed E-state index contributed by atoms with van der Waals surface area (Å²) in [6.07, 6.45) is 6.89. The third kappa shape index (κ3) is 1.60. The van der Waals surface area contributed by atoms with Crippen LogP contribution in [0.4, 0.5) is 0 Å². The van der Waals surface area contributed by atoms with Crippen molar-refractivity contribution in [2.75, 3.05) is 0 Å². The number of nitrogens with two attached hydrogens (primary N) is 1. The Kier molecular flexibility index (Phi) is 2.77. The van der Waals surface area contributed by atoms with Crippen molar-refractivity contribution >= 4 is 6.08 Å². The fourth-order valence-electron chi connectivity index (χ4n) is 1.02. The molecule has 0 spiro atoms. The van der Waals surface area contributed by atoms with E-state index in [1.165, 1.54) is 0 Å². The highest BCUT2D eigenvalue weighted by Crippen LogP contribution is 2.16. The number of hydrogen-bond acceptors (Lipinski definition) is 2. The van der Waals surface area contributed by atoms with E-state index >= 15 is 0 Å². The van der Waals surface area contributed by atoms with Crippen LogP contribution in [0.1, 0.15) is 17.2 Å². The minimum atomic E-state index is -0.138. The molecule has 0 unspecified atom stereocenters. The quantitative estimate of drug-likeness (QED) is 0.686. The van der Waals surface area contributed by atoms with Crippen molar-refractivity contribution in [2.24, 2.45) is 5.73 Å². The molecular formula is C10H12N2. The lowest BCUT2D eigenvalue weighted by Crippen LogP contribution is -2.08. The first kappa shape index (κ1) is 8.68. The zero-order chi connectivity index (χ0) is 8.97. The molecule has 0 radical (unpaired) electrons. The SMILES string of the molecule is C=Cc1cnccc1[C@H](N)C=C. The molecule has 2 heteroatoms. The molecule has 12 heavy (non-hydrogen) atoms. The molecule has 1 aromatic rings. The van der Waals surface area contributed by atoms with Crippen LogP contribution < -0.4 is 5.73 Å². The second-order valence-electron chi connectivity index (χ2n) is 2.47. The maximum absolute atomic E-state index is 5.78. The summed E-state index contributed by atoms with van der Waals surface area (Å²) in [6, 6.07) is 1.74. The van der Waals surface area contributed by atoms with Crippen LogP contribution in [-0.2, 0) is 0 Å². The molecule has 1 aromatic heterocycles. The number of rotatable bonds is 3. The zero-order valence-corrected chi connectivity index (χ0v) is 6.90. The van der Waals surface area contributed by atoms with E-state index in [1.807, 2.05) is 6.07 Å². The summed E-state index contributed by atoms with van der Waals surface area (Å²) in [4.78, 5) is 3.97. The lowest BCUT2D eigenvalue weighted by Gasteiger charge is -2.08. The average molecular weight is 160 g/mol. The third-order valence-corrected chi connectivity index (χ3v) is 1.72. The van der Waals surface area contributed by atoms with E-state index in [9.17, 15) is 0 Å². The minimum Gasteiger partial charge on any atom is -0.321 e. The van der Waals surface area contributed by atoms with Gasteiger partial charge >= 0.3 is 0 Å². The summed E-state index contributed by atoms with van der Waals surface area (Å²) >= 11 is 0. The molecule has 2 N–H and O–H groups in total. The van der Waals surface area contributed by atoms with Gasteiger partial charge in [0.15, 0.2) is 0 Å². The van der Waals surface area contributed by atoms with Crippen LogP contribution in [0.25, 0.3) is 6.08 Å². The highest BCUT2D eigenvalue weighted by Gasteiger charge is 2.04. The van der Waals surface area contributed by atoms with E-state index in [1.54, 1.807) is 24.5 Å². The van der Waals surface area contributed by atoms with Gasteiger partial charge < -0.3 is 5.73 Å². The number of nitrogens with zero attached hydrogens (tertiary/aromatic N) is 1. The largest absolute Gasteiger partial charge is 0.321 e. The molecule has 0 saturated carbocycles. The molecule has 0 saturated heterocycles. The van der Waals surface area contributed by atoms with Crippen LogP contribution in [0.2, 0.25) is 0 Å². The highest BCUT2D eigenvalue weighted by molar-refractivity contribution is 5.51. The molecule has 0 bridgehead atoms. The molecule has 1 heterocycles. The van der Waals surface area contributed by atoms with E-state index in [0.29, 0.717) is 0 Å². The topological polar surface area (TPSA) is 38.9 Å². The predicted octanol–water partition coefficient (Wildman–Crippen LogP) is 1.91. The van der Waals surface area contributed by atoms with Gasteiger partial charge in [-0.1, -0.05) is 18.7 Å². The van der Waals surface area contributed by atoms with Crippen molar-refractivity contribution in [1.82, 2.24) is 4.98 Å². The third-order valence-electron chi connectivity index (χ3n) is 1.72. The Morgan fingerprint density at radius 1 is 1.50 bits per heavy atom. The van der Waals surface area contributed by atoms with Gasteiger partial charge in [0.2, 0.25) is 0 Å². The lowest BCUT2D eigenvalue weighted by molar-refractivity contribution is 0.906. The Labute approximate surface area is 72.4 Å². The Balaban J connectivity index is 3.12. The zero-order valence-electron chi connectivity index (χ0n) is 6.90. The van der Waals surface area contributed by atoms with Crippen molar-refractivity contribution < 1.29 is 0 Å². The second-order valence-corrected chi connectivity index (χ2v) is 2.47. The highest BCUT2D eigenvalue weighted by atomic mass is 14.7. The Morgan fingerprint density at radius 3 is 2.83 bits per heavy atom. The van der Waals surface area contributed by atoms with Crippen molar-refractivity contribution in [3.63, 3.8) is 0 Å². The van der Waals surface area contributed by atoms with E-state index in [-0.39, 0.29) is 6.04 Å². The van der Waals surface area contributed by atoms with Crippen LogP contribution in [-0.4, -0.2) is 4.98 Å². The smallest absolute Gasteiger partial charge is 0.0485 e. The monoisotopic (exact) mass is 160 g/mol. The van der Waals surface area contributed by atoms with Crippen molar-refractivity contribution in [3.05, 3.63) is 48.8 Å². The standard InChI is InChI=1S/C10H12N2/c1-3-8-7-12-6-5-9(8)10(11)4-2/h3-7,10H,1-2,11H2/t10-/m1/s1. The number of hydrogen-bond donors (Lipinski definition) is 1. The second kappa shape index (κ2) is 3.83. The average Bonchev–Trinajstić information content (AvgIpc) is 2.16. The van der Waals surface area contributed by atoms with Crippen molar-refractivity contribution in [2.45, 2.75) is 6.04 Å². The summed E-state index contributed by atoms with van der Waals surface area (Å²) in [7, 11) is 0. The Hall–Kier alpha value is -1.41. The van der Waals surface area contributed by atoms with Gasteiger partial charge in [0, 0.05) is 18.4 Å². The molecule has 0 aliphatic carbocycles. The van der Waals surface area contributed by atoms with Gasteiger partial charge in [-0.15, -0.1) is 6.58 Å². The molecule has 0 amide bonds. The number of aromatic nitrogens is 1. The molecule has 0 aliphatic rings. The van der Waals surface area contributed by atoms with Crippen molar-refractivity contribution in [1.29, 1.82) is 0 Å². The van der Waals surface area contributed by atoms with Crippen LogP contribution >= 0.6 is 0 Å². The molecule has 0 aromatic carbocycles. The molecule has 1 rings (SSSR count). The molecule has 1 atom stereocenters. The molecular weight excluding hydrogens is 148 g/mol. The Bertz CT molecular complexity index is 292.